The Morgan fingerprint density at radius 3 is 2.62 bits per heavy atom. The van der Waals surface area contributed by atoms with Crippen LogP contribution in [-0.2, 0) is 0 Å². The summed E-state index contributed by atoms with van der Waals surface area (Å²) in [5, 5.41) is 22.3. The molecule has 5 rings (SSSR count). The molecule has 0 saturated heterocycles. The van der Waals surface area contributed by atoms with Crippen molar-refractivity contribution >= 4 is 28.4 Å². The number of nitrogens with one attached hydrogen (secondary N) is 3. The van der Waals surface area contributed by atoms with Crippen LogP contribution in [0.1, 0.15) is 22.8 Å². The van der Waals surface area contributed by atoms with Crippen LogP contribution < -0.4 is 20.9 Å². The standard InChI is InChI=1S/C28H24F2N6O4/c1-15-11-20(28(39)36(13-15)19-6-3-17(29)4-7-19)27(38)33-18-5-8-22(21(30)12-18)40-23-9-10-31-25-24(23)26(35-34-25)32-16(2)14-37/h3-13,16,37H,14H2,1-2H3,(H,33,38)(H2,31,32,34,35)/t16-/m1/s1. The smallest absolute Gasteiger partial charge is 0.267 e. The van der Waals surface area contributed by atoms with E-state index >= 15 is 4.39 Å². The third-order valence-corrected chi connectivity index (χ3v) is 5.99. The number of hydrogen-bond acceptors (Lipinski definition) is 7. The molecule has 0 radical (unpaired) electrons. The fourth-order valence-corrected chi connectivity index (χ4v) is 4.04. The van der Waals surface area contributed by atoms with E-state index in [1.807, 2.05) is 0 Å². The van der Waals surface area contributed by atoms with E-state index in [1.54, 1.807) is 26.1 Å². The van der Waals surface area contributed by atoms with E-state index in [2.05, 4.69) is 25.8 Å². The molecular weight excluding hydrogens is 522 g/mol. The minimum Gasteiger partial charge on any atom is -0.453 e. The van der Waals surface area contributed by atoms with Gasteiger partial charge in [0, 0.05) is 41.9 Å². The van der Waals surface area contributed by atoms with Gasteiger partial charge in [-0.3, -0.25) is 19.3 Å². The molecule has 1 atom stereocenters. The fraction of sp³-hybridized carbons (Fsp3) is 0.143. The molecule has 0 aliphatic carbocycles. The summed E-state index contributed by atoms with van der Waals surface area (Å²) in [4.78, 5) is 30.2. The van der Waals surface area contributed by atoms with E-state index in [0.29, 0.717) is 28.1 Å². The van der Waals surface area contributed by atoms with E-state index < -0.39 is 23.1 Å². The number of halogens is 2. The quantitative estimate of drug-likeness (QED) is 0.225. The maximum Gasteiger partial charge on any atom is 0.267 e. The lowest BCUT2D eigenvalue weighted by molar-refractivity contribution is 0.102. The van der Waals surface area contributed by atoms with Crippen LogP contribution in [0.2, 0.25) is 0 Å². The maximum absolute atomic E-state index is 15.1. The van der Waals surface area contributed by atoms with Crippen LogP contribution in [-0.4, -0.2) is 43.4 Å². The Hall–Kier alpha value is -5.10. The number of pyridine rings is 2. The minimum atomic E-state index is -0.766. The van der Waals surface area contributed by atoms with Gasteiger partial charge in [-0.05, 0) is 61.9 Å². The number of fused-ring (bicyclic) bond motifs is 1. The van der Waals surface area contributed by atoms with Crippen molar-refractivity contribution in [2.24, 2.45) is 0 Å². The van der Waals surface area contributed by atoms with Crippen LogP contribution in [0.4, 0.5) is 20.3 Å². The van der Waals surface area contributed by atoms with Crippen molar-refractivity contribution in [3.63, 3.8) is 0 Å². The molecule has 0 bridgehead atoms. The number of aromatic nitrogens is 4. The summed E-state index contributed by atoms with van der Waals surface area (Å²) in [6, 6.07) is 11.8. The van der Waals surface area contributed by atoms with Gasteiger partial charge in [0.1, 0.15) is 22.5 Å². The van der Waals surface area contributed by atoms with Gasteiger partial charge < -0.3 is 20.5 Å². The number of amides is 1. The van der Waals surface area contributed by atoms with Crippen molar-refractivity contribution in [1.82, 2.24) is 19.7 Å². The Kier molecular flexibility index (Phi) is 7.25. The van der Waals surface area contributed by atoms with Gasteiger partial charge in [0.2, 0.25) is 0 Å². The van der Waals surface area contributed by atoms with Crippen LogP contribution >= 0.6 is 0 Å². The van der Waals surface area contributed by atoms with Crippen molar-refractivity contribution in [2.45, 2.75) is 19.9 Å². The molecule has 12 heteroatoms. The first-order valence-electron chi connectivity index (χ1n) is 12.2. The summed E-state index contributed by atoms with van der Waals surface area (Å²) >= 11 is 0. The Morgan fingerprint density at radius 2 is 1.90 bits per heavy atom. The predicted molar refractivity (Wildman–Crippen MR) is 145 cm³/mol. The summed E-state index contributed by atoms with van der Waals surface area (Å²) < 4.78 is 35.5. The lowest BCUT2D eigenvalue weighted by Crippen LogP contribution is -2.28. The van der Waals surface area contributed by atoms with Crippen molar-refractivity contribution in [3.05, 3.63) is 100 Å². The van der Waals surface area contributed by atoms with Crippen molar-refractivity contribution < 1.29 is 23.4 Å². The number of H-pyrrole nitrogens is 1. The third kappa shape index (κ3) is 5.38. The van der Waals surface area contributed by atoms with Crippen LogP contribution in [0.5, 0.6) is 11.5 Å². The molecule has 0 saturated carbocycles. The molecule has 3 heterocycles. The summed E-state index contributed by atoms with van der Waals surface area (Å²) in [6.45, 7) is 3.34. The van der Waals surface area contributed by atoms with E-state index in [4.69, 9.17) is 4.74 Å². The third-order valence-electron chi connectivity index (χ3n) is 5.99. The topological polar surface area (TPSA) is 134 Å². The number of rotatable bonds is 8. The highest BCUT2D eigenvalue weighted by atomic mass is 19.1. The molecule has 204 valence electrons. The molecule has 0 spiro atoms. The highest BCUT2D eigenvalue weighted by molar-refractivity contribution is 6.04. The van der Waals surface area contributed by atoms with Crippen molar-refractivity contribution in [1.29, 1.82) is 0 Å². The first-order chi connectivity index (χ1) is 19.2. The summed E-state index contributed by atoms with van der Waals surface area (Å²) in [7, 11) is 0. The van der Waals surface area contributed by atoms with Gasteiger partial charge in [-0.25, -0.2) is 13.8 Å². The molecule has 10 nitrogen and oxygen atoms in total. The van der Waals surface area contributed by atoms with Gasteiger partial charge in [0.15, 0.2) is 23.0 Å². The van der Waals surface area contributed by atoms with Gasteiger partial charge in [-0.2, -0.15) is 5.10 Å². The molecule has 2 aromatic carbocycles. The molecule has 40 heavy (non-hydrogen) atoms. The molecule has 0 aliphatic rings. The number of nitrogens with zero attached hydrogens (tertiary/aromatic N) is 3. The first-order valence-corrected chi connectivity index (χ1v) is 12.2. The molecule has 0 unspecified atom stereocenters. The monoisotopic (exact) mass is 546 g/mol. The second-order valence-corrected chi connectivity index (χ2v) is 9.12. The second-order valence-electron chi connectivity index (χ2n) is 9.12. The SMILES string of the molecule is Cc1cc(C(=O)Nc2ccc(Oc3ccnc4[nH]nc(N[C@H](C)CO)c34)c(F)c2)c(=O)n(-c2ccc(F)cc2)c1. The lowest BCUT2D eigenvalue weighted by atomic mass is 10.1. The second kappa shape index (κ2) is 10.9. The molecule has 5 aromatic rings. The maximum atomic E-state index is 15.1. The minimum absolute atomic E-state index is 0.103. The number of carbonyl (C=O) groups is 1. The lowest BCUT2D eigenvalue weighted by Gasteiger charge is -2.13. The molecule has 3 aromatic heterocycles. The average Bonchev–Trinajstić information content (AvgIpc) is 3.35. The molecule has 0 fully saturated rings. The van der Waals surface area contributed by atoms with Crippen molar-refractivity contribution in [2.75, 3.05) is 17.2 Å². The Balaban J connectivity index is 1.38. The Morgan fingerprint density at radius 1 is 1.12 bits per heavy atom. The largest absolute Gasteiger partial charge is 0.453 e. The number of carbonyl (C=O) groups excluding carboxylic acids is 1. The summed E-state index contributed by atoms with van der Waals surface area (Å²) in [5.74, 6) is -1.43. The Bertz CT molecular complexity index is 1770. The number of hydrogen-bond donors (Lipinski definition) is 4. The molecular formula is C28H24F2N6O4. The van der Waals surface area contributed by atoms with Crippen LogP contribution in [0, 0.1) is 18.6 Å². The number of benzene rings is 2. The number of aromatic amines is 1. The predicted octanol–water partition coefficient (Wildman–Crippen LogP) is 4.53. The van der Waals surface area contributed by atoms with E-state index in [9.17, 15) is 19.1 Å². The van der Waals surface area contributed by atoms with Crippen LogP contribution in [0.25, 0.3) is 16.7 Å². The average molecular weight is 547 g/mol. The van der Waals surface area contributed by atoms with Gasteiger partial charge in [-0.15, -0.1) is 0 Å². The van der Waals surface area contributed by atoms with Crippen LogP contribution in [0.3, 0.4) is 0 Å². The highest BCUT2D eigenvalue weighted by Gasteiger charge is 2.18. The van der Waals surface area contributed by atoms with E-state index in [1.165, 1.54) is 53.2 Å². The zero-order valence-electron chi connectivity index (χ0n) is 21.4. The normalized spacial score (nSPS) is 11.8. The number of anilines is 2. The zero-order valence-corrected chi connectivity index (χ0v) is 21.4. The highest BCUT2D eigenvalue weighted by Crippen LogP contribution is 2.34. The van der Waals surface area contributed by atoms with Gasteiger partial charge >= 0.3 is 0 Å². The zero-order chi connectivity index (χ0) is 28.4. The van der Waals surface area contributed by atoms with Crippen LogP contribution in [0.15, 0.2) is 71.8 Å². The van der Waals surface area contributed by atoms with Gasteiger partial charge in [0.25, 0.3) is 11.5 Å². The molecule has 4 N–H and O–H groups in total. The first kappa shape index (κ1) is 26.5. The fourth-order valence-electron chi connectivity index (χ4n) is 4.04. The van der Waals surface area contributed by atoms with E-state index in [-0.39, 0.29) is 35.4 Å². The van der Waals surface area contributed by atoms with Crippen molar-refractivity contribution in [3.8, 4) is 17.2 Å². The van der Waals surface area contributed by atoms with E-state index in [0.717, 1.165) is 6.07 Å². The number of aryl methyl sites for hydroxylation is 1. The van der Waals surface area contributed by atoms with Gasteiger partial charge in [0.05, 0.1) is 6.61 Å². The van der Waals surface area contributed by atoms with Gasteiger partial charge in [-0.1, -0.05) is 0 Å². The summed E-state index contributed by atoms with van der Waals surface area (Å²) in [6.07, 6.45) is 3.02. The molecule has 1 amide bonds. The Labute approximate surface area is 226 Å². The summed E-state index contributed by atoms with van der Waals surface area (Å²) in [5.41, 5.74) is 0.737. The number of aliphatic hydroxyl groups is 1. The number of ether oxygens (including phenoxy) is 1. The number of aliphatic hydroxyl groups excluding tert-OH is 1. The molecule has 0 aliphatic heterocycles.